The molecule has 0 aromatic carbocycles. The first-order valence-electron chi connectivity index (χ1n) is 4.06. The average molecular weight is 208 g/mol. The number of nitrogens with zero attached hydrogens (tertiary/aromatic N) is 2. The van der Waals surface area contributed by atoms with Gasteiger partial charge in [0.25, 0.3) is 0 Å². The van der Waals surface area contributed by atoms with E-state index in [1.54, 1.807) is 12.3 Å². The van der Waals surface area contributed by atoms with Crippen molar-refractivity contribution >= 4 is 17.4 Å². The van der Waals surface area contributed by atoms with Gasteiger partial charge in [-0.05, 0) is 18.6 Å². The summed E-state index contributed by atoms with van der Waals surface area (Å²) in [7, 11) is 0. The molecule has 0 atom stereocenters. The van der Waals surface area contributed by atoms with E-state index in [9.17, 15) is 0 Å². The number of aliphatic imine (C=N–C) groups is 1. The third kappa shape index (κ3) is 3.46. The standard InChI is InChI=1S/C10H10ClN3/c1-3-12-8(2)13-6-9-4-5-10(11)14-7-9/h1,4-5,7H,6H2,2H3,(H,12,13). The summed E-state index contributed by atoms with van der Waals surface area (Å²) in [5, 5.41) is 3.53. The highest BCUT2D eigenvalue weighted by Gasteiger charge is 1.94. The van der Waals surface area contributed by atoms with Gasteiger partial charge in [-0.2, -0.15) is 4.99 Å². The van der Waals surface area contributed by atoms with Crippen molar-refractivity contribution in [3.8, 4) is 12.5 Å². The number of hydrogen-bond acceptors (Lipinski definition) is 2. The molecule has 0 aliphatic heterocycles. The molecule has 0 radical (unpaired) electrons. The fourth-order valence-electron chi connectivity index (χ4n) is 0.877. The summed E-state index contributed by atoms with van der Waals surface area (Å²) >= 11 is 5.64. The van der Waals surface area contributed by atoms with Crippen LogP contribution in [0.3, 0.4) is 0 Å². The number of rotatable bonds is 2. The van der Waals surface area contributed by atoms with Gasteiger partial charge in [0.05, 0.1) is 0 Å². The summed E-state index contributed by atoms with van der Waals surface area (Å²) < 4.78 is 0. The van der Waals surface area contributed by atoms with E-state index < -0.39 is 0 Å². The van der Waals surface area contributed by atoms with Crippen molar-refractivity contribution in [2.75, 3.05) is 0 Å². The van der Waals surface area contributed by atoms with E-state index >= 15 is 0 Å². The minimum absolute atomic E-state index is 0.489. The third-order valence-corrected chi connectivity index (χ3v) is 1.79. The molecule has 0 unspecified atom stereocenters. The van der Waals surface area contributed by atoms with Crippen LogP contribution in [0.5, 0.6) is 0 Å². The maximum absolute atomic E-state index is 5.64. The first kappa shape index (κ1) is 10.6. The summed E-state index contributed by atoms with van der Waals surface area (Å²) in [6.45, 7) is 2.45. The van der Waals surface area contributed by atoms with Crippen molar-refractivity contribution in [2.24, 2.45) is 4.99 Å². The van der Waals surface area contributed by atoms with Gasteiger partial charge in [-0.1, -0.05) is 24.1 Å². The lowest BCUT2D eigenvalue weighted by Gasteiger charge is -2.03. The Hall–Kier alpha value is -1.53. The number of pyridine rings is 1. The second-order valence-corrected chi connectivity index (χ2v) is 3.06. The molecular weight excluding hydrogens is 198 g/mol. The molecule has 3 nitrogen and oxygen atoms in total. The Morgan fingerprint density at radius 3 is 3.07 bits per heavy atom. The number of hydrogen-bond donors (Lipinski definition) is 1. The number of aromatic nitrogens is 1. The molecule has 1 heterocycles. The molecule has 0 saturated carbocycles. The molecule has 0 amide bonds. The second kappa shape index (κ2) is 5.25. The lowest BCUT2D eigenvalue weighted by molar-refractivity contribution is 0.902. The van der Waals surface area contributed by atoms with Crippen LogP contribution in [-0.4, -0.2) is 10.8 Å². The zero-order valence-corrected chi connectivity index (χ0v) is 8.54. The minimum Gasteiger partial charge on any atom is -0.369 e. The fraction of sp³-hybridized carbons (Fsp3) is 0.200. The van der Waals surface area contributed by atoms with Crippen molar-refractivity contribution in [1.29, 1.82) is 0 Å². The van der Waals surface area contributed by atoms with Crippen molar-refractivity contribution in [3.63, 3.8) is 0 Å². The van der Waals surface area contributed by atoms with Gasteiger partial charge in [0, 0.05) is 18.8 Å². The van der Waals surface area contributed by atoms with Gasteiger partial charge in [0.2, 0.25) is 0 Å². The fourth-order valence-corrected chi connectivity index (χ4v) is 0.989. The monoisotopic (exact) mass is 207 g/mol. The Labute approximate surface area is 88.2 Å². The SMILES string of the molecule is C#C/N=C(\C)NCc1ccc(Cl)nc1. The van der Waals surface area contributed by atoms with Crippen LogP contribution in [0.4, 0.5) is 0 Å². The van der Waals surface area contributed by atoms with Crippen LogP contribution in [0, 0.1) is 12.5 Å². The van der Waals surface area contributed by atoms with Gasteiger partial charge in [-0.15, -0.1) is 0 Å². The number of amidine groups is 1. The van der Waals surface area contributed by atoms with E-state index in [1.165, 1.54) is 0 Å². The summed E-state index contributed by atoms with van der Waals surface area (Å²) in [5.74, 6) is 0.711. The van der Waals surface area contributed by atoms with Gasteiger partial charge in [-0.3, -0.25) is 0 Å². The molecule has 0 aliphatic carbocycles. The first-order chi connectivity index (χ1) is 6.72. The average Bonchev–Trinajstić information content (AvgIpc) is 2.17. The van der Waals surface area contributed by atoms with E-state index in [4.69, 9.17) is 18.0 Å². The Balaban J connectivity index is 2.51. The Morgan fingerprint density at radius 2 is 2.50 bits per heavy atom. The van der Waals surface area contributed by atoms with E-state index in [1.807, 2.05) is 13.0 Å². The van der Waals surface area contributed by atoms with E-state index in [0.29, 0.717) is 17.5 Å². The van der Waals surface area contributed by atoms with Crippen LogP contribution < -0.4 is 5.32 Å². The first-order valence-corrected chi connectivity index (χ1v) is 4.44. The molecular formula is C10H10ClN3. The summed E-state index contributed by atoms with van der Waals surface area (Å²) in [4.78, 5) is 7.69. The number of nitrogens with one attached hydrogen (secondary N) is 1. The smallest absolute Gasteiger partial charge is 0.129 e. The van der Waals surface area contributed by atoms with Gasteiger partial charge in [0.15, 0.2) is 0 Å². The van der Waals surface area contributed by atoms with E-state index in [-0.39, 0.29) is 0 Å². The van der Waals surface area contributed by atoms with Crippen molar-refractivity contribution in [3.05, 3.63) is 29.0 Å². The summed E-state index contributed by atoms with van der Waals surface area (Å²) in [5.41, 5.74) is 1.03. The molecule has 0 saturated heterocycles. The Morgan fingerprint density at radius 1 is 1.71 bits per heavy atom. The Kier molecular flexibility index (Phi) is 3.96. The van der Waals surface area contributed by atoms with Crippen molar-refractivity contribution in [1.82, 2.24) is 10.3 Å². The van der Waals surface area contributed by atoms with Crippen LogP contribution in [-0.2, 0) is 6.54 Å². The molecule has 72 valence electrons. The summed E-state index contributed by atoms with van der Waals surface area (Å²) in [6, 6.07) is 5.84. The molecule has 4 heteroatoms. The molecule has 0 spiro atoms. The lowest BCUT2D eigenvalue weighted by Crippen LogP contribution is -2.19. The molecule has 0 aliphatic rings. The predicted octanol–water partition coefficient (Wildman–Crippen LogP) is 1.83. The maximum Gasteiger partial charge on any atom is 0.129 e. The van der Waals surface area contributed by atoms with Crippen molar-refractivity contribution in [2.45, 2.75) is 13.5 Å². The van der Waals surface area contributed by atoms with Crippen LogP contribution in [0.2, 0.25) is 5.15 Å². The van der Waals surface area contributed by atoms with E-state index in [0.717, 1.165) is 5.56 Å². The van der Waals surface area contributed by atoms with E-state index in [2.05, 4.69) is 21.3 Å². The molecule has 1 N–H and O–H groups in total. The van der Waals surface area contributed by atoms with Gasteiger partial charge >= 0.3 is 0 Å². The van der Waals surface area contributed by atoms with Gasteiger partial charge < -0.3 is 5.32 Å². The minimum atomic E-state index is 0.489. The van der Waals surface area contributed by atoms with Gasteiger partial charge in [-0.25, -0.2) is 4.98 Å². The predicted molar refractivity (Wildman–Crippen MR) is 58.0 cm³/mol. The molecule has 1 aromatic rings. The largest absolute Gasteiger partial charge is 0.369 e. The molecule has 1 aromatic heterocycles. The normalized spacial score (nSPS) is 10.8. The Bertz CT molecular complexity index is 362. The highest BCUT2D eigenvalue weighted by Crippen LogP contribution is 2.04. The van der Waals surface area contributed by atoms with Crippen LogP contribution >= 0.6 is 11.6 Å². The quantitative estimate of drug-likeness (QED) is 0.348. The van der Waals surface area contributed by atoms with Crippen LogP contribution in [0.1, 0.15) is 12.5 Å². The lowest BCUT2D eigenvalue weighted by atomic mass is 10.3. The van der Waals surface area contributed by atoms with Gasteiger partial charge in [0.1, 0.15) is 11.0 Å². The zero-order valence-electron chi connectivity index (χ0n) is 7.79. The van der Waals surface area contributed by atoms with Crippen LogP contribution in [0.25, 0.3) is 0 Å². The molecule has 0 fully saturated rings. The molecule has 0 bridgehead atoms. The number of halogens is 1. The highest BCUT2D eigenvalue weighted by atomic mass is 35.5. The summed E-state index contributed by atoms with van der Waals surface area (Å²) in [6.07, 6.45) is 6.72. The molecule has 1 rings (SSSR count). The van der Waals surface area contributed by atoms with Crippen LogP contribution in [0.15, 0.2) is 23.3 Å². The maximum atomic E-state index is 5.64. The zero-order chi connectivity index (χ0) is 10.4. The molecule has 14 heavy (non-hydrogen) atoms. The van der Waals surface area contributed by atoms with Crippen molar-refractivity contribution < 1.29 is 0 Å². The highest BCUT2D eigenvalue weighted by molar-refractivity contribution is 6.29. The third-order valence-electron chi connectivity index (χ3n) is 1.57. The number of terminal acetylenes is 1. The topological polar surface area (TPSA) is 37.3 Å². The second-order valence-electron chi connectivity index (χ2n) is 2.67.